The Balaban J connectivity index is 1.92. The van der Waals surface area contributed by atoms with Gasteiger partial charge in [0.2, 0.25) is 0 Å². The Hall–Kier alpha value is -2.12. The second-order valence-electron chi connectivity index (χ2n) is 7.43. The number of benzene rings is 1. The molecule has 0 radical (unpaired) electrons. The number of carbonyl (C=O) groups is 2. The molecular weight excluding hydrogens is 332 g/mol. The van der Waals surface area contributed by atoms with Gasteiger partial charge in [-0.05, 0) is 45.9 Å². The van der Waals surface area contributed by atoms with E-state index in [4.69, 9.17) is 4.74 Å². The lowest BCUT2D eigenvalue weighted by molar-refractivity contribution is -0.00923. The summed E-state index contributed by atoms with van der Waals surface area (Å²) < 4.78 is 5.39. The van der Waals surface area contributed by atoms with E-state index in [9.17, 15) is 9.59 Å². The van der Waals surface area contributed by atoms with Crippen molar-refractivity contribution in [1.29, 1.82) is 0 Å². The molecule has 1 saturated heterocycles. The van der Waals surface area contributed by atoms with Crippen molar-refractivity contribution in [3.8, 4) is 0 Å². The van der Waals surface area contributed by atoms with Crippen molar-refractivity contribution < 1.29 is 14.3 Å². The first-order chi connectivity index (χ1) is 12.3. The minimum Gasteiger partial charge on any atom is -0.379 e. The molecule has 0 atom stereocenters. The maximum Gasteiger partial charge on any atom is 0.319 e. The highest BCUT2D eigenvalue weighted by molar-refractivity contribution is 5.96. The number of morpholine rings is 1. The Labute approximate surface area is 155 Å². The SMILES string of the molecule is CC(C)NC(=O)Nc1cccc(C(=O)NCC(C)(C)N2CCOCC2)c1. The van der Waals surface area contributed by atoms with Crippen LogP contribution in [0.5, 0.6) is 0 Å². The van der Waals surface area contributed by atoms with Gasteiger partial charge < -0.3 is 20.7 Å². The van der Waals surface area contributed by atoms with Crippen LogP contribution in [-0.4, -0.2) is 61.3 Å². The highest BCUT2D eigenvalue weighted by Crippen LogP contribution is 2.16. The van der Waals surface area contributed by atoms with E-state index in [1.165, 1.54) is 0 Å². The summed E-state index contributed by atoms with van der Waals surface area (Å²) in [6.07, 6.45) is 0. The molecule has 7 heteroatoms. The molecule has 1 aromatic rings. The van der Waals surface area contributed by atoms with Crippen molar-refractivity contribution in [2.45, 2.75) is 39.3 Å². The quantitative estimate of drug-likeness (QED) is 0.723. The number of hydrogen-bond donors (Lipinski definition) is 3. The maximum absolute atomic E-state index is 12.5. The Morgan fingerprint density at radius 1 is 1.23 bits per heavy atom. The molecule has 1 fully saturated rings. The Kier molecular flexibility index (Phi) is 6.99. The zero-order valence-electron chi connectivity index (χ0n) is 16.1. The molecule has 1 aliphatic rings. The van der Waals surface area contributed by atoms with E-state index >= 15 is 0 Å². The van der Waals surface area contributed by atoms with Crippen LogP contribution in [0, 0.1) is 0 Å². The molecule has 26 heavy (non-hydrogen) atoms. The summed E-state index contributed by atoms with van der Waals surface area (Å²) in [7, 11) is 0. The Bertz CT molecular complexity index is 625. The molecule has 0 spiro atoms. The normalized spacial score (nSPS) is 15.6. The molecule has 2 rings (SSSR count). The van der Waals surface area contributed by atoms with E-state index in [0.29, 0.717) is 17.8 Å². The molecule has 3 N–H and O–H groups in total. The van der Waals surface area contributed by atoms with Gasteiger partial charge in [0.1, 0.15) is 0 Å². The van der Waals surface area contributed by atoms with Gasteiger partial charge in [-0.3, -0.25) is 9.69 Å². The predicted octanol–water partition coefficient (Wildman–Crippen LogP) is 2.06. The molecule has 0 saturated carbocycles. The molecule has 7 nitrogen and oxygen atoms in total. The van der Waals surface area contributed by atoms with Gasteiger partial charge in [-0.15, -0.1) is 0 Å². The van der Waals surface area contributed by atoms with Crippen LogP contribution >= 0.6 is 0 Å². The molecule has 0 unspecified atom stereocenters. The van der Waals surface area contributed by atoms with Crippen LogP contribution in [0.25, 0.3) is 0 Å². The Morgan fingerprint density at radius 3 is 2.58 bits per heavy atom. The van der Waals surface area contributed by atoms with Crippen LogP contribution in [0.15, 0.2) is 24.3 Å². The summed E-state index contributed by atoms with van der Waals surface area (Å²) in [6, 6.07) is 6.69. The number of nitrogens with one attached hydrogen (secondary N) is 3. The van der Waals surface area contributed by atoms with Crippen molar-refractivity contribution >= 4 is 17.6 Å². The summed E-state index contributed by atoms with van der Waals surface area (Å²) in [5.74, 6) is -0.153. The van der Waals surface area contributed by atoms with Crippen LogP contribution in [0.1, 0.15) is 38.1 Å². The summed E-state index contributed by atoms with van der Waals surface area (Å²) in [4.78, 5) is 26.6. The van der Waals surface area contributed by atoms with Crippen molar-refractivity contribution in [1.82, 2.24) is 15.5 Å². The topological polar surface area (TPSA) is 82.7 Å². The number of ether oxygens (including phenoxy) is 1. The van der Waals surface area contributed by atoms with Gasteiger partial charge in [-0.1, -0.05) is 6.07 Å². The third kappa shape index (κ3) is 6.00. The minimum atomic E-state index is -0.286. The van der Waals surface area contributed by atoms with Crippen LogP contribution in [0.4, 0.5) is 10.5 Å². The highest BCUT2D eigenvalue weighted by Gasteiger charge is 2.28. The molecule has 1 aliphatic heterocycles. The van der Waals surface area contributed by atoms with Crippen LogP contribution in [0.3, 0.4) is 0 Å². The highest BCUT2D eigenvalue weighted by atomic mass is 16.5. The lowest BCUT2D eigenvalue weighted by Gasteiger charge is -2.40. The lowest BCUT2D eigenvalue weighted by atomic mass is 10.0. The van der Waals surface area contributed by atoms with E-state index in [2.05, 4.69) is 34.7 Å². The number of carbonyl (C=O) groups excluding carboxylic acids is 2. The van der Waals surface area contributed by atoms with E-state index in [1.54, 1.807) is 24.3 Å². The molecular formula is C19H30N4O3. The van der Waals surface area contributed by atoms with E-state index in [0.717, 1.165) is 26.3 Å². The third-order valence-electron chi connectivity index (χ3n) is 4.35. The molecule has 144 valence electrons. The Morgan fingerprint density at radius 2 is 1.92 bits per heavy atom. The average Bonchev–Trinajstić information content (AvgIpc) is 2.60. The molecule has 0 bridgehead atoms. The smallest absolute Gasteiger partial charge is 0.319 e. The third-order valence-corrected chi connectivity index (χ3v) is 4.35. The van der Waals surface area contributed by atoms with Crippen molar-refractivity contribution in [3.63, 3.8) is 0 Å². The van der Waals surface area contributed by atoms with Crippen molar-refractivity contribution in [3.05, 3.63) is 29.8 Å². The first kappa shape index (κ1) is 20.2. The van der Waals surface area contributed by atoms with Gasteiger partial charge in [0.15, 0.2) is 0 Å². The number of nitrogens with zero attached hydrogens (tertiary/aromatic N) is 1. The van der Waals surface area contributed by atoms with Gasteiger partial charge >= 0.3 is 6.03 Å². The maximum atomic E-state index is 12.5. The van der Waals surface area contributed by atoms with E-state index in [1.807, 2.05) is 13.8 Å². The predicted molar refractivity (Wildman–Crippen MR) is 103 cm³/mol. The number of amides is 3. The van der Waals surface area contributed by atoms with Gasteiger partial charge in [0.25, 0.3) is 5.91 Å². The molecule has 0 aliphatic carbocycles. The summed E-state index contributed by atoms with van der Waals surface area (Å²) in [5, 5.41) is 8.49. The van der Waals surface area contributed by atoms with Crippen molar-refractivity contribution in [2.24, 2.45) is 0 Å². The number of hydrogen-bond acceptors (Lipinski definition) is 4. The zero-order valence-corrected chi connectivity index (χ0v) is 16.1. The van der Waals surface area contributed by atoms with Gasteiger partial charge in [0, 0.05) is 42.5 Å². The van der Waals surface area contributed by atoms with Gasteiger partial charge in [-0.2, -0.15) is 0 Å². The fourth-order valence-corrected chi connectivity index (χ4v) is 2.85. The average molecular weight is 362 g/mol. The largest absolute Gasteiger partial charge is 0.379 e. The molecule has 1 heterocycles. The van der Waals surface area contributed by atoms with Gasteiger partial charge in [0.05, 0.1) is 13.2 Å². The second kappa shape index (κ2) is 9.00. The second-order valence-corrected chi connectivity index (χ2v) is 7.43. The zero-order chi connectivity index (χ0) is 19.2. The fraction of sp³-hybridized carbons (Fsp3) is 0.579. The minimum absolute atomic E-state index is 0.0453. The van der Waals surface area contributed by atoms with Crippen molar-refractivity contribution in [2.75, 3.05) is 38.2 Å². The summed E-state index contributed by atoms with van der Waals surface area (Å²) in [5.41, 5.74) is 0.959. The van der Waals surface area contributed by atoms with Crippen LogP contribution in [-0.2, 0) is 4.74 Å². The van der Waals surface area contributed by atoms with E-state index in [-0.39, 0.29) is 23.5 Å². The van der Waals surface area contributed by atoms with E-state index < -0.39 is 0 Å². The number of rotatable bonds is 6. The standard InChI is InChI=1S/C19H30N4O3/c1-14(2)21-18(25)22-16-7-5-6-15(12-16)17(24)20-13-19(3,4)23-8-10-26-11-9-23/h5-7,12,14H,8-11,13H2,1-4H3,(H,20,24)(H2,21,22,25). The summed E-state index contributed by atoms with van der Waals surface area (Å²) in [6.45, 7) is 11.7. The number of urea groups is 1. The lowest BCUT2D eigenvalue weighted by Crippen LogP contribution is -2.55. The molecule has 0 aromatic heterocycles. The van der Waals surface area contributed by atoms with Gasteiger partial charge in [-0.25, -0.2) is 4.79 Å². The fourth-order valence-electron chi connectivity index (χ4n) is 2.85. The first-order valence-electron chi connectivity index (χ1n) is 9.06. The first-order valence-corrected chi connectivity index (χ1v) is 9.06. The molecule has 1 aromatic carbocycles. The monoisotopic (exact) mass is 362 g/mol. The summed E-state index contributed by atoms with van der Waals surface area (Å²) >= 11 is 0. The molecule has 3 amide bonds. The van der Waals surface area contributed by atoms with Crippen LogP contribution in [0.2, 0.25) is 0 Å². The van der Waals surface area contributed by atoms with Crippen LogP contribution < -0.4 is 16.0 Å². The number of anilines is 1.